The first kappa shape index (κ1) is 8.38. The third-order valence-electron chi connectivity index (χ3n) is 1.75. The molecule has 0 amide bonds. The van der Waals surface area contributed by atoms with E-state index in [0.29, 0.717) is 0 Å². The van der Waals surface area contributed by atoms with Gasteiger partial charge in [0.1, 0.15) is 5.01 Å². The van der Waals surface area contributed by atoms with Crippen LogP contribution in [-0.2, 0) is 0 Å². The molecule has 0 fully saturated rings. The van der Waals surface area contributed by atoms with Crippen molar-refractivity contribution in [1.82, 2.24) is 9.97 Å². The standard InChI is InChI=1S/C10H10N2S/c1-7-3-4-9(11-5-7)10-12-8(2)6-13-10/h3-6H,1-2H3. The van der Waals surface area contributed by atoms with Crippen molar-refractivity contribution in [1.29, 1.82) is 0 Å². The third-order valence-corrected chi connectivity index (χ3v) is 2.73. The zero-order valence-electron chi connectivity index (χ0n) is 7.61. The van der Waals surface area contributed by atoms with Gasteiger partial charge in [-0.05, 0) is 25.5 Å². The van der Waals surface area contributed by atoms with Gasteiger partial charge in [-0.15, -0.1) is 11.3 Å². The molecule has 0 radical (unpaired) electrons. The van der Waals surface area contributed by atoms with Crippen LogP contribution >= 0.6 is 11.3 Å². The first-order valence-corrected chi connectivity index (χ1v) is 4.99. The molecule has 0 unspecified atom stereocenters. The van der Waals surface area contributed by atoms with Crippen molar-refractivity contribution in [2.45, 2.75) is 13.8 Å². The summed E-state index contributed by atoms with van der Waals surface area (Å²) in [5.41, 5.74) is 3.20. The SMILES string of the molecule is Cc1ccc(-c2nc(C)cs2)nc1. The highest BCUT2D eigenvalue weighted by Gasteiger charge is 2.02. The molecule has 0 saturated carbocycles. The molecule has 2 rings (SSSR count). The molecule has 0 atom stereocenters. The van der Waals surface area contributed by atoms with Gasteiger partial charge in [-0.1, -0.05) is 6.07 Å². The van der Waals surface area contributed by atoms with Gasteiger partial charge >= 0.3 is 0 Å². The van der Waals surface area contributed by atoms with Crippen molar-refractivity contribution < 1.29 is 0 Å². The topological polar surface area (TPSA) is 25.8 Å². The Morgan fingerprint density at radius 1 is 1.23 bits per heavy atom. The zero-order chi connectivity index (χ0) is 9.26. The van der Waals surface area contributed by atoms with Crippen LogP contribution in [0.5, 0.6) is 0 Å². The fraction of sp³-hybridized carbons (Fsp3) is 0.200. The predicted octanol–water partition coefficient (Wildman–Crippen LogP) is 2.82. The minimum absolute atomic E-state index is 0.962. The highest BCUT2D eigenvalue weighted by molar-refractivity contribution is 7.13. The minimum atomic E-state index is 0.962. The van der Waals surface area contributed by atoms with Gasteiger partial charge in [-0.25, -0.2) is 4.98 Å². The van der Waals surface area contributed by atoms with Crippen LogP contribution in [0.2, 0.25) is 0 Å². The molecule has 0 bridgehead atoms. The third kappa shape index (κ3) is 1.75. The Balaban J connectivity index is 2.41. The first-order valence-electron chi connectivity index (χ1n) is 4.11. The quantitative estimate of drug-likeness (QED) is 0.691. The van der Waals surface area contributed by atoms with Crippen LogP contribution in [0.25, 0.3) is 10.7 Å². The summed E-state index contributed by atoms with van der Waals surface area (Å²) in [4.78, 5) is 8.68. The van der Waals surface area contributed by atoms with Crippen molar-refractivity contribution in [3.8, 4) is 10.7 Å². The largest absolute Gasteiger partial charge is 0.253 e. The van der Waals surface area contributed by atoms with E-state index in [1.165, 1.54) is 5.56 Å². The summed E-state index contributed by atoms with van der Waals surface area (Å²) in [6, 6.07) is 4.06. The molecular weight excluding hydrogens is 180 g/mol. The average Bonchev–Trinajstić information content (AvgIpc) is 2.53. The van der Waals surface area contributed by atoms with Gasteiger partial charge < -0.3 is 0 Å². The van der Waals surface area contributed by atoms with Crippen LogP contribution < -0.4 is 0 Å². The molecule has 0 spiro atoms. The van der Waals surface area contributed by atoms with Crippen LogP contribution in [0.4, 0.5) is 0 Å². The van der Waals surface area contributed by atoms with Gasteiger partial charge in [-0.2, -0.15) is 0 Å². The molecule has 13 heavy (non-hydrogen) atoms. The Morgan fingerprint density at radius 2 is 2.08 bits per heavy atom. The Bertz CT molecular complexity index is 403. The van der Waals surface area contributed by atoms with Crippen LogP contribution in [0.1, 0.15) is 11.3 Å². The minimum Gasteiger partial charge on any atom is -0.253 e. The summed E-state index contributed by atoms with van der Waals surface area (Å²) in [7, 11) is 0. The second-order valence-corrected chi connectivity index (χ2v) is 3.87. The average molecular weight is 190 g/mol. The van der Waals surface area contributed by atoms with Gasteiger partial charge in [0, 0.05) is 17.3 Å². The van der Waals surface area contributed by atoms with E-state index in [0.717, 1.165) is 16.4 Å². The highest BCUT2D eigenvalue weighted by Crippen LogP contribution is 2.20. The van der Waals surface area contributed by atoms with Crippen molar-refractivity contribution in [2.24, 2.45) is 0 Å². The number of aryl methyl sites for hydroxylation is 2. The lowest BCUT2D eigenvalue weighted by atomic mass is 10.3. The normalized spacial score (nSPS) is 10.3. The molecule has 0 aliphatic rings. The number of nitrogens with zero attached hydrogens (tertiary/aromatic N) is 2. The van der Waals surface area contributed by atoms with Gasteiger partial charge in [0.2, 0.25) is 0 Å². The molecule has 0 aliphatic carbocycles. The molecule has 66 valence electrons. The molecule has 0 saturated heterocycles. The number of thiazole rings is 1. The fourth-order valence-electron chi connectivity index (χ4n) is 1.07. The van der Waals surface area contributed by atoms with Gasteiger partial charge in [0.05, 0.1) is 5.69 Å². The summed E-state index contributed by atoms with van der Waals surface area (Å²) >= 11 is 1.63. The van der Waals surface area contributed by atoms with Gasteiger partial charge in [0.25, 0.3) is 0 Å². The Morgan fingerprint density at radius 3 is 2.62 bits per heavy atom. The maximum atomic E-state index is 4.37. The smallest absolute Gasteiger partial charge is 0.142 e. The zero-order valence-corrected chi connectivity index (χ0v) is 8.43. The summed E-state index contributed by atoms with van der Waals surface area (Å²) in [6.45, 7) is 4.03. The molecule has 2 aromatic rings. The molecule has 2 nitrogen and oxygen atoms in total. The predicted molar refractivity (Wildman–Crippen MR) is 54.8 cm³/mol. The highest BCUT2D eigenvalue weighted by atomic mass is 32.1. The number of pyridine rings is 1. The number of aromatic nitrogens is 2. The van der Waals surface area contributed by atoms with Crippen molar-refractivity contribution in [3.05, 3.63) is 35.0 Å². The van der Waals surface area contributed by atoms with Crippen molar-refractivity contribution >= 4 is 11.3 Å². The van der Waals surface area contributed by atoms with Crippen LogP contribution in [0, 0.1) is 13.8 Å². The van der Waals surface area contributed by atoms with E-state index in [1.54, 1.807) is 11.3 Å². The lowest BCUT2D eigenvalue weighted by molar-refractivity contribution is 1.22. The van der Waals surface area contributed by atoms with E-state index in [4.69, 9.17) is 0 Å². The second kappa shape index (κ2) is 3.26. The van der Waals surface area contributed by atoms with Crippen molar-refractivity contribution in [3.63, 3.8) is 0 Å². The van der Waals surface area contributed by atoms with Gasteiger partial charge in [-0.3, -0.25) is 4.98 Å². The van der Waals surface area contributed by atoms with E-state index >= 15 is 0 Å². The summed E-state index contributed by atoms with van der Waals surface area (Å²) < 4.78 is 0. The van der Waals surface area contributed by atoms with Crippen LogP contribution in [0.15, 0.2) is 23.7 Å². The summed E-state index contributed by atoms with van der Waals surface area (Å²) in [5.74, 6) is 0. The van der Waals surface area contributed by atoms with Crippen molar-refractivity contribution in [2.75, 3.05) is 0 Å². The monoisotopic (exact) mass is 190 g/mol. The number of hydrogen-bond acceptors (Lipinski definition) is 3. The van der Waals surface area contributed by atoms with Gasteiger partial charge in [0.15, 0.2) is 0 Å². The molecule has 2 aromatic heterocycles. The Kier molecular flexibility index (Phi) is 2.10. The summed E-state index contributed by atoms with van der Waals surface area (Å²) in [5, 5.41) is 3.04. The summed E-state index contributed by atoms with van der Waals surface area (Å²) in [6.07, 6.45) is 1.87. The van der Waals surface area contributed by atoms with E-state index < -0.39 is 0 Å². The molecular formula is C10H10N2S. The first-order chi connectivity index (χ1) is 6.25. The number of hydrogen-bond donors (Lipinski definition) is 0. The molecule has 0 aromatic carbocycles. The molecule has 0 aliphatic heterocycles. The lowest BCUT2D eigenvalue weighted by Gasteiger charge is -1.94. The molecule has 2 heterocycles. The Labute approximate surface area is 81.3 Å². The van der Waals surface area contributed by atoms with E-state index in [-0.39, 0.29) is 0 Å². The lowest BCUT2D eigenvalue weighted by Crippen LogP contribution is -1.82. The van der Waals surface area contributed by atoms with Crippen LogP contribution in [0.3, 0.4) is 0 Å². The second-order valence-electron chi connectivity index (χ2n) is 3.01. The maximum absolute atomic E-state index is 4.37. The van der Waals surface area contributed by atoms with E-state index in [1.807, 2.05) is 31.5 Å². The van der Waals surface area contributed by atoms with Crippen LogP contribution in [-0.4, -0.2) is 9.97 Å². The number of rotatable bonds is 1. The maximum Gasteiger partial charge on any atom is 0.142 e. The molecule has 3 heteroatoms. The Hall–Kier alpha value is -1.22. The van der Waals surface area contributed by atoms with E-state index in [2.05, 4.69) is 16.0 Å². The fourth-order valence-corrected chi connectivity index (χ4v) is 1.84. The molecule has 0 N–H and O–H groups in total. The van der Waals surface area contributed by atoms with E-state index in [9.17, 15) is 0 Å².